The van der Waals surface area contributed by atoms with Crippen molar-refractivity contribution in [2.75, 3.05) is 18.1 Å². The van der Waals surface area contributed by atoms with E-state index in [0.29, 0.717) is 58.4 Å². The van der Waals surface area contributed by atoms with Crippen molar-refractivity contribution in [3.63, 3.8) is 0 Å². The summed E-state index contributed by atoms with van der Waals surface area (Å²) in [7, 11) is 0. The summed E-state index contributed by atoms with van der Waals surface area (Å²) in [5, 5.41) is 13.8. The van der Waals surface area contributed by atoms with Gasteiger partial charge in [0.1, 0.15) is 11.3 Å². The monoisotopic (exact) mass is 546 g/mol. The van der Waals surface area contributed by atoms with Crippen LogP contribution in [0.1, 0.15) is 50.2 Å². The van der Waals surface area contributed by atoms with Crippen LogP contribution in [0, 0.1) is 12.8 Å². The molecule has 4 aromatic rings. The highest BCUT2D eigenvalue weighted by molar-refractivity contribution is 7.14. The number of aryl methyl sites for hydroxylation is 1. The number of nitrogens with zero attached hydrogens (tertiary/aromatic N) is 4. The average Bonchev–Trinajstić information content (AvgIpc) is 3.61. The standard InChI is InChI=1S/C29H30N4O5S/c1-5-37-21-16-19(9-10-20(21)38-14-11-17(2)3)25-23(27(35)28(36)33(25)29-30-12-15-39-29)26(34)24-18(4)31-22-8-6-7-13-32(22)24/h6-10,12-13,15-17,25,34H,5,11,14H2,1-4H3/b26-23+. The first kappa shape index (κ1) is 26.4. The number of ketones is 1. The molecule has 1 saturated heterocycles. The van der Waals surface area contributed by atoms with Crippen molar-refractivity contribution < 1.29 is 24.2 Å². The lowest BCUT2D eigenvalue weighted by atomic mass is 9.96. The zero-order chi connectivity index (χ0) is 27.7. The molecule has 0 aliphatic carbocycles. The van der Waals surface area contributed by atoms with Crippen LogP contribution in [0.4, 0.5) is 5.13 Å². The van der Waals surface area contributed by atoms with Crippen LogP contribution >= 0.6 is 11.3 Å². The molecule has 10 heteroatoms. The number of anilines is 1. The molecule has 5 rings (SSSR count). The fourth-order valence-electron chi connectivity index (χ4n) is 4.69. The van der Waals surface area contributed by atoms with Gasteiger partial charge in [0.2, 0.25) is 0 Å². The van der Waals surface area contributed by atoms with E-state index in [0.717, 1.165) is 6.42 Å². The second kappa shape index (κ2) is 10.9. The molecule has 1 fully saturated rings. The molecule has 1 N–H and O–H groups in total. The molecule has 39 heavy (non-hydrogen) atoms. The normalized spacial score (nSPS) is 16.9. The number of benzene rings is 1. The van der Waals surface area contributed by atoms with Gasteiger partial charge in [-0.25, -0.2) is 9.97 Å². The van der Waals surface area contributed by atoms with Crippen LogP contribution in [0.25, 0.3) is 11.4 Å². The summed E-state index contributed by atoms with van der Waals surface area (Å²) in [5.41, 5.74) is 2.04. The Morgan fingerprint density at radius 1 is 1.15 bits per heavy atom. The summed E-state index contributed by atoms with van der Waals surface area (Å²) in [6.07, 6.45) is 4.21. The molecule has 9 nitrogen and oxygen atoms in total. The second-order valence-corrected chi connectivity index (χ2v) is 10.5. The number of pyridine rings is 1. The number of carbonyl (C=O) groups excluding carboxylic acids is 2. The zero-order valence-electron chi connectivity index (χ0n) is 22.2. The van der Waals surface area contributed by atoms with Crippen molar-refractivity contribution in [2.45, 2.75) is 40.2 Å². The van der Waals surface area contributed by atoms with E-state index in [2.05, 4.69) is 23.8 Å². The first-order valence-electron chi connectivity index (χ1n) is 12.9. The van der Waals surface area contributed by atoms with Crippen LogP contribution in [0.5, 0.6) is 11.5 Å². The van der Waals surface area contributed by atoms with E-state index in [9.17, 15) is 14.7 Å². The van der Waals surface area contributed by atoms with Crippen LogP contribution in [0.2, 0.25) is 0 Å². The Kier molecular flexibility index (Phi) is 7.38. The highest BCUT2D eigenvalue weighted by Crippen LogP contribution is 2.45. The first-order valence-corrected chi connectivity index (χ1v) is 13.7. The Morgan fingerprint density at radius 3 is 2.69 bits per heavy atom. The van der Waals surface area contributed by atoms with E-state index in [1.54, 1.807) is 47.3 Å². The molecule has 1 atom stereocenters. The minimum Gasteiger partial charge on any atom is -0.505 e. The summed E-state index contributed by atoms with van der Waals surface area (Å²) in [5.74, 6) is -0.310. The molecule has 0 spiro atoms. The minimum atomic E-state index is -0.936. The van der Waals surface area contributed by atoms with E-state index >= 15 is 0 Å². The second-order valence-electron chi connectivity index (χ2n) is 9.63. The summed E-state index contributed by atoms with van der Waals surface area (Å²) in [4.78, 5) is 37.1. The first-order chi connectivity index (χ1) is 18.8. The molecule has 4 heterocycles. The Balaban J connectivity index is 1.68. The van der Waals surface area contributed by atoms with Gasteiger partial charge in [-0.3, -0.25) is 18.9 Å². The fraction of sp³-hybridized carbons (Fsp3) is 0.310. The van der Waals surface area contributed by atoms with Gasteiger partial charge < -0.3 is 14.6 Å². The predicted octanol–water partition coefficient (Wildman–Crippen LogP) is 5.55. The number of carbonyl (C=O) groups is 2. The van der Waals surface area contributed by atoms with Crippen LogP contribution < -0.4 is 14.4 Å². The Hall–Kier alpha value is -4.18. The molecule has 1 aliphatic rings. The number of aromatic nitrogens is 3. The summed E-state index contributed by atoms with van der Waals surface area (Å²) in [6.45, 7) is 8.82. The maximum Gasteiger partial charge on any atom is 0.301 e. The number of fused-ring (bicyclic) bond motifs is 1. The van der Waals surface area contributed by atoms with Crippen molar-refractivity contribution in [1.82, 2.24) is 14.4 Å². The third-order valence-corrected chi connectivity index (χ3v) is 7.31. The average molecular weight is 547 g/mol. The molecule has 1 aliphatic heterocycles. The largest absolute Gasteiger partial charge is 0.505 e. The van der Waals surface area contributed by atoms with Crippen molar-refractivity contribution in [3.05, 3.63) is 76.7 Å². The molecule has 1 amide bonds. The van der Waals surface area contributed by atoms with Crippen LogP contribution in [0.15, 0.2) is 59.7 Å². The number of amides is 1. The maximum absolute atomic E-state index is 13.5. The van der Waals surface area contributed by atoms with Gasteiger partial charge in [-0.1, -0.05) is 26.0 Å². The van der Waals surface area contributed by atoms with Gasteiger partial charge in [-0.05, 0) is 56.0 Å². The summed E-state index contributed by atoms with van der Waals surface area (Å²) < 4.78 is 13.6. The number of Topliss-reactive ketones (excluding diaryl/α,β-unsaturated/α-hetero) is 1. The maximum atomic E-state index is 13.5. The summed E-state index contributed by atoms with van der Waals surface area (Å²) >= 11 is 1.24. The van der Waals surface area contributed by atoms with E-state index in [1.165, 1.54) is 16.2 Å². The molecule has 0 bridgehead atoms. The summed E-state index contributed by atoms with van der Waals surface area (Å²) in [6, 6.07) is 9.85. The van der Waals surface area contributed by atoms with Gasteiger partial charge in [-0.2, -0.15) is 0 Å². The Labute approximate surface area is 230 Å². The number of imidazole rings is 1. The lowest BCUT2D eigenvalue weighted by molar-refractivity contribution is -0.132. The quantitative estimate of drug-likeness (QED) is 0.167. The van der Waals surface area contributed by atoms with E-state index < -0.39 is 17.7 Å². The van der Waals surface area contributed by atoms with Crippen molar-refractivity contribution in [3.8, 4) is 11.5 Å². The number of rotatable bonds is 9. The van der Waals surface area contributed by atoms with Gasteiger partial charge >= 0.3 is 5.91 Å². The molecule has 1 aromatic carbocycles. The van der Waals surface area contributed by atoms with Gasteiger partial charge in [0.05, 0.1) is 30.5 Å². The van der Waals surface area contributed by atoms with Gasteiger partial charge in [-0.15, -0.1) is 11.3 Å². The fourth-order valence-corrected chi connectivity index (χ4v) is 5.36. The van der Waals surface area contributed by atoms with Crippen molar-refractivity contribution in [2.24, 2.45) is 5.92 Å². The van der Waals surface area contributed by atoms with Gasteiger partial charge in [0, 0.05) is 17.8 Å². The van der Waals surface area contributed by atoms with Crippen LogP contribution in [0.3, 0.4) is 0 Å². The third-order valence-electron chi connectivity index (χ3n) is 6.53. The number of aliphatic hydroxyl groups is 1. The molecular weight excluding hydrogens is 516 g/mol. The molecular formula is C29H30N4O5S. The Bertz CT molecular complexity index is 1560. The lowest BCUT2D eigenvalue weighted by Crippen LogP contribution is -2.29. The highest BCUT2D eigenvalue weighted by atomic mass is 32.1. The molecule has 1 unspecified atom stereocenters. The highest BCUT2D eigenvalue weighted by Gasteiger charge is 2.48. The molecule has 202 valence electrons. The lowest BCUT2D eigenvalue weighted by Gasteiger charge is -2.24. The number of hydrogen-bond acceptors (Lipinski definition) is 8. The molecule has 0 radical (unpaired) electrons. The van der Waals surface area contributed by atoms with Gasteiger partial charge in [0.25, 0.3) is 5.78 Å². The van der Waals surface area contributed by atoms with Gasteiger partial charge in [0.15, 0.2) is 22.4 Å². The smallest absolute Gasteiger partial charge is 0.301 e. The number of ether oxygens (including phenoxy) is 2. The van der Waals surface area contributed by atoms with Crippen LogP contribution in [-0.4, -0.2) is 44.4 Å². The molecule has 3 aromatic heterocycles. The van der Waals surface area contributed by atoms with E-state index in [4.69, 9.17) is 9.47 Å². The zero-order valence-corrected chi connectivity index (χ0v) is 23.1. The molecule has 0 saturated carbocycles. The Morgan fingerprint density at radius 2 is 1.97 bits per heavy atom. The minimum absolute atomic E-state index is 0.0418. The predicted molar refractivity (Wildman–Crippen MR) is 149 cm³/mol. The van der Waals surface area contributed by atoms with Crippen molar-refractivity contribution >= 4 is 39.6 Å². The van der Waals surface area contributed by atoms with Crippen molar-refractivity contribution in [1.29, 1.82) is 0 Å². The van der Waals surface area contributed by atoms with E-state index in [1.807, 2.05) is 25.1 Å². The number of thiazole rings is 1. The number of hydrogen-bond donors (Lipinski definition) is 1. The third kappa shape index (κ3) is 4.87. The van der Waals surface area contributed by atoms with E-state index in [-0.39, 0.29) is 11.3 Å². The number of aliphatic hydroxyl groups excluding tert-OH is 1. The topological polar surface area (TPSA) is 106 Å². The van der Waals surface area contributed by atoms with Crippen LogP contribution in [-0.2, 0) is 9.59 Å². The SMILES string of the molecule is CCOc1cc(C2/C(=C(\O)c3c(C)nc4ccccn34)C(=O)C(=O)N2c2nccs2)ccc1OCCC(C)C.